The third-order valence-electron chi connectivity index (χ3n) is 2.89. The summed E-state index contributed by atoms with van der Waals surface area (Å²) in [6.07, 6.45) is 1.64. The van der Waals surface area contributed by atoms with Gasteiger partial charge in [-0.2, -0.15) is 5.10 Å². The minimum atomic E-state index is -0.0834. The van der Waals surface area contributed by atoms with Crippen LogP contribution in [0.2, 0.25) is 5.02 Å². The first-order chi connectivity index (χ1) is 8.91. The smallest absolute Gasteiger partial charge is 0.212 e. The predicted octanol–water partition coefficient (Wildman–Crippen LogP) is 4.42. The molecule has 0 aliphatic carbocycles. The molecule has 0 radical (unpaired) electrons. The molecule has 100 valence electrons. The number of aryl methyl sites for hydroxylation is 1. The summed E-state index contributed by atoms with van der Waals surface area (Å²) < 4.78 is 2.41. The van der Waals surface area contributed by atoms with Gasteiger partial charge >= 0.3 is 0 Å². The molecule has 0 aliphatic rings. The second-order valence-electron chi connectivity index (χ2n) is 4.67. The van der Waals surface area contributed by atoms with Crippen LogP contribution in [0.15, 0.2) is 28.9 Å². The summed E-state index contributed by atoms with van der Waals surface area (Å²) in [6, 6.07) is 5.45. The fraction of sp³-hybridized carbons (Fsp3) is 0.286. The Bertz CT molecular complexity index is 634. The first kappa shape index (κ1) is 14.3. The van der Waals surface area contributed by atoms with Crippen LogP contribution in [0, 0.1) is 6.92 Å². The Morgan fingerprint density at radius 3 is 2.68 bits per heavy atom. The predicted molar refractivity (Wildman–Crippen MR) is 79.9 cm³/mol. The molecule has 0 fully saturated rings. The standard InChI is InChI=1S/C14H14BrClN2O/c1-8(2)18-13(11(15)7-17-18)14(19)10-5-4-9(3)12(16)6-10/h4-8H,1-3H3. The Morgan fingerprint density at radius 1 is 1.42 bits per heavy atom. The van der Waals surface area contributed by atoms with E-state index in [0.29, 0.717) is 20.8 Å². The minimum Gasteiger partial charge on any atom is -0.287 e. The highest BCUT2D eigenvalue weighted by molar-refractivity contribution is 9.10. The van der Waals surface area contributed by atoms with Gasteiger partial charge in [-0.15, -0.1) is 0 Å². The SMILES string of the molecule is Cc1ccc(C(=O)c2c(Br)cnn2C(C)C)cc1Cl. The van der Waals surface area contributed by atoms with Crippen LogP contribution in [0.3, 0.4) is 0 Å². The van der Waals surface area contributed by atoms with Crippen LogP contribution >= 0.6 is 27.5 Å². The molecule has 0 unspecified atom stereocenters. The lowest BCUT2D eigenvalue weighted by Gasteiger charge is -2.11. The molecule has 0 spiro atoms. The van der Waals surface area contributed by atoms with E-state index in [4.69, 9.17) is 11.6 Å². The summed E-state index contributed by atoms with van der Waals surface area (Å²) in [7, 11) is 0. The monoisotopic (exact) mass is 340 g/mol. The first-order valence-corrected chi connectivity index (χ1v) is 7.12. The first-order valence-electron chi connectivity index (χ1n) is 5.95. The van der Waals surface area contributed by atoms with E-state index in [1.54, 1.807) is 23.0 Å². The molecule has 0 atom stereocenters. The van der Waals surface area contributed by atoms with Crippen LogP contribution in [0.5, 0.6) is 0 Å². The Morgan fingerprint density at radius 2 is 2.11 bits per heavy atom. The Kier molecular flexibility index (Phi) is 4.11. The molecule has 1 aromatic carbocycles. The van der Waals surface area contributed by atoms with Crippen molar-refractivity contribution in [2.45, 2.75) is 26.8 Å². The molecule has 1 aromatic heterocycles. The van der Waals surface area contributed by atoms with Crippen molar-refractivity contribution in [3.8, 4) is 0 Å². The Balaban J connectivity index is 2.49. The van der Waals surface area contributed by atoms with Gasteiger partial charge in [0.05, 0.1) is 10.7 Å². The van der Waals surface area contributed by atoms with E-state index in [9.17, 15) is 4.79 Å². The van der Waals surface area contributed by atoms with Gasteiger partial charge in [0.15, 0.2) is 0 Å². The van der Waals surface area contributed by atoms with Crippen molar-refractivity contribution < 1.29 is 4.79 Å². The zero-order valence-corrected chi connectivity index (χ0v) is 13.3. The summed E-state index contributed by atoms with van der Waals surface area (Å²) in [4.78, 5) is 12.6. The van der Waals surface area contributed by atoms with Crippen molar-refractivity contribution in [3.05, 3.63) is 50.7 Å². The van der Waals surface area contributed by atoms with Crippen LogP contribution in [-0.4, -0.2) is 15.6 Å². The zero-order chi connectivity index (χ0) is 14.2. The molecule has 1 heterocycles. The number of carbonyl (C=O) groups is 1. The molecule has 0 bridgehead atoms. The van der Waals surface area contributed by atoms with Crippen LogP contribution in [-0.2, 0) is 0 Å². The van der Waals surface area contributed by atoms with E-state index in [2.05, 4.69) is 21.0 Å². The van der Waals surface area contributed by atoms with Gasteiger partial charge in [-0.25, -0.2) is 0 Å². The molecular weight excluding hydrogens is 328 g/mol. The fourth-order valence-corrected chi connectivity index (χ4v) is 2.45. The highest BCUT2D eigenvalue weighted by Crippen LogP contribution is 2.24. The maximum Gasteiger partial charge on any atom is 0.212 e. The van der Waals surface area contributed by atoms with Crippen LogP contribution < -0.4 is 0 Å². The minimum absolute atomic E-state index is 0.0834. The Labute approximate surface area is 125 Å². The van der Waals surface area contributed by atoms with E-state index < -0.39 is 0 Å². The number of rotatable bonds is 3. The number of hydrogen-bond donors (Lipinski definition) is 0. The van der Waals surface area contributed by atoms with E-state index >= 15 is 0 Å². The van der Waals surface area contributed by atoms with E-state index in [0.717, 1.165) is 5.56 Å². The van der Waals surface area contributed by atoms with E-state index in [1.807, 2.05) is 26.8 Å². The number of halogens is 2. The van der Waals surface area contributed by atoms with Gasteiger partial charge in [0, 0.05) is 16.6 Å². The highest BCUT2D eigenvalue weighted by Gasteiger charge is 2.20. The molecule has 2 aromatic rings. The molecule has 2 rings (SSSR count). The number of benzene rings is 1. The Hall–Kier alpha value is -1.13. The summed E-state index contributed by atoms with van der Waals surface area (Å²) in [6.45, 7) is 5.88. The largest absolute Gasteiger partial charge is 0.287 e. The lowest BCUT2D eigenvalue weighted by molar-refractivity contribution is 0.102. The van der Waals surface area contributed by atoms with Gasteiger partial charge in [0.2, 0.25) is 5.78 Å². The van der Waals surface area contributed by atoms with Crippen molar-refractivity contribution in [2.75, 3.05) is 0 Å². The average Bonchev–Trinajstić information content (AvgIpc) is 2.74. The van der Waals surface area contributed by atoms with Crippen LogP contribution in [0.4, 0.5) is 0 Å². The zero-order valence-electron chi connectivity index (χ0n) is 10.9. The highest BCUT2D eigenvalue weighted by atomic mass is 79.9. The molecule has 0 aliphatic heterocycles. The van der Waals surface area contributed by atoms with Gasteiger partial charge in [-0.05, 0) is 48.3 Å². The maximum absolute atomic E-state index is 12.6. The van der Waals surface area contributed by atoms with Crippen molar-refractivity contribution >= 4 is 33.3 Å². The van der Waals surface area contributed by atoms with Crippen molar-refractivity contribution in [2.24, 2.45) is 0 Å². The molecule has 0 saturated carbocycles. The number of carbonyl (C=O) groups excluding carboxylic acids is 1. The van der Waals surface area contributed by atoms with Gasteiger partial charge in [0.25, 0.3) is 0 Å². The number of nitrogens with zero attached hydrogens (tertiary/aromatic N) is 2. The third kappa shape index (κ3) is 2.74. The van der Waals surface area contributed by atoms with Crippen LogP contribution in [0.25, 0.3) is 0 Å². The quantitative estimate of drug-likeness (QED) is 0.775. The second-order valence-corrected chi connectivity index (χ2v) is 5.93. The van der Waals surface area contributed by atoms with Gasteiger partial charge in [-0.1, -0.05) is 23.7 Å². The lowest BCUT2D eigenvalue weighted by Crippen LogP contribution is -2.14. The van der Waals surface area contributed by atoms with E-state index in [-0.39, 0.29) is 11.8 Å². The van der Waals surface area contributed by atoms with Crippen molar-refractivity contribution in [3.63, 3.8) is 0 Å². The molecule has 19 heavy (non-hydrogen) atoms. The number of hydrogen-bond acceptors (Lipinski definition) is 2. The second kappa shape index (κ2) is 5.47. The van der Waals surface area contributed by atoms with Crippen molar-refractivity contribution in [1.82, 2.24) is 9.78 Å². The maximum atomic E-state index is 12.6. The molecule has 0 saturated heterocycles. The number of ketones is 1. The summed E-state index contributed by atoms with van der Waals surface area (Å²) in [5.74, 6) is -0.0834. The summed E-state index contributed by atoms with van der Waals surface area (Å²) >= 11 is 9.45. The average molecular weight is 342 g/mol. The van der Waals surface area contributed by atoms with Gasteiger partial charge in [0.1, 0.15) is 5.69 Å². The normalized spacial score (nSPS) is 11.1. The summed E-state index contributed by atoms with van der Waals surface area (Å²) in [5.41, 5.74) is 2.07. The molecular formula is C14H14BrClN2O. The number of aromatic nitrogens is 2. The topological polar surface area (TPSA) is 34.9 Å². The molecule has 0 amide bonds. The van der Waals surface area contributed by atoms with Crippen LogP contribution in [0.1, 0.15) is 41.5 Å². The van der Waals surface area contributed by atoms with Gasteiger partial charge < -0.3 is 0 Å². The molecule has 3 nitrogen and oxygen atoms in total. The fourth-order valence-electron chi connectivity index (χ4n) is 1.82. The van der Waals surface area contributed by atoms with E-state index in [1.165, 1.54) is 0 Å². The molecule has 5 heteroatoms. The van der Waals surface area contributed by atoms with Gasteiger partial charge in [-0.3, -0.25) is 9.48 Å². The summed E-state index contributed by atoms with van der Waals surface area (Å²) in [5, 5.41) is 4.81. The lowest BCUT2D eigenvalue weighted by atomic mass is 10.1. The van der Waals surface area contributed by atoms with Crippen molar-refractivity contribution in [1.29, 1.82) is 0 Å². The molecule has 0 N–H and O–H groups in total. The third-order valence-corrected chi connectivity index (χ3v) is 3.88.